The lowest BCUT2D eigenvalue weighted by atomic mass is 10.1. The van der Waals surface area contributed by atoms with E-state index in [1.54, 1.807) is 30.3 Å². The molecule has 0 bridgehead atoms. The Kier molecular flexibility index (Phi) is 8.32. The molecule has 1 unspecified atom stereocenters. The molecule has 2 aliphatic heterocycles. The first-order chi connectivity index (χ1) is 19.6. The SMILES string of the molecule is CC(c1ccccc1)N1CCN(C(=O)c2cccc(/C=C3\SC(=O)N(Cc4ccc(C(F)(F)F)cc4)C3=O)c2)CC1. The van der Waals surface area contributed by atoms with E-state index in [1.165, 1.54) is 17.7 Å². The normalized spacial score (nSPS) is 18.3. The first kappa shape index (κ1) is 28.6. The molecule has 2 saturated heterocycles. The van der Waals surface area contributed by atoms with E-state index in [9.17, 15) is 27.6 Å². The minimum absolute atomic E-state index is 0.0947. The van der Waals surface area contributed by atoms with Gasteiger partial charge in [0.2, 0.25) is 0 Å². The zero-order chi connectivity index (χ0) is 29.1. The van der Waals surface area contributed by atoms with Crippen LogP contribution in [0.1, 0.15) is 45.6 Å². The van der Waals surface area contributed by atoms with Gasteiger partial charge in [-0.1, -0.05) is 54.6 Å². The summed E-state index contributed by atoms with van der Waals surface area (Å²) in [7, 11) is 0. The third-order valence-electron chi connectivity index (χ3n) is 7.36. The molecular formula is C31H28F3N3O3S. The number of thioether (sulfide) groups is 1. The number of carbonyl (C=O) groups excluding carboxylic acids is 3. The molecule has 5 rings (SSSR count). The summed E-state index contributed by atoms with van der Waals surface area (Å²) in [5, 5.41) is -0.504. The van der Waals surface area contributed by atoms with E-state index in [0.717, 1.165) is 41.9 Å². The Morgan fingerprint density at radius 2 is 1.61 bits per heavy atom. The fourth-order valence-electron chi connectivity index (χ4n) is 4.97. The third kappa shape index (κ3) is 6.55. The van der Waals surface area contributed by atoms with E-state index in [1.807, 2.05) is 23.1 Å². The Hall–Kier alpha value is -3.89. The van der Waals surface area contributed by atoms with Crippen LogP contribution in [0.4, 0.5) is 18.0 Å². The topological polar surface area (TPSA) is 60.9 Å². The maximum Gasteiger partial charge on any atom is 0.416 e. The number of piperazine rings is 1. The fraction of sp³-hybridized carbons (Fsp3) is 0.258. The van der Waals surface area contributed by atoms with Gasteiger partial charge in [-0.15, -0.1) is 0 Å². The van der Waals surface area contributed by atoms with Crippen LogP contribution in [0, 0.1) is 0 Å². The summed E-state index contributed by atoms with van der Waals surface area (Å²) in [6, 6.07) is 21.8. The summed E-state index contributed by atoms with van der Waals surface area (Å²) in [5.74, 6) is -0.622. The van der Waals surface area contributed by atoms with Crippen LogP contribution in [0.15, 0.2) is 83.8 Å². The molecule has 3 aromatic rings. The van der Waals surface area contributed by atoms with Crippen molar-refractivity contribution < 1.29 is 27.6 Å². The van der Waals surface area contributed by atoms with Crippen LogP contribution >= 0.6 is 11.8 Å². The van der Waals surface area contributed by atoms with Crippen molar-refractivity contribution in [3.63, 3.8) is 0 Å². The molecule has 212 valence electrons. The highest BCUT2D eigenvalue weighted by Gasteiger charge is 2.35. The number of rotatable bonds is 6. The Morgan fingerprint density at radius 3 is 2.27 bits per heavy atom. The van der Waals surface area contributed by atoms with Crippen molar-refractivity contribution >= 4 is 34.9 Å². The summed E-state index contributed by atoms with van der Waals surface area (Å²) in [4.78, 5) is 44.2. The van der Waals surface area contributed by atoms with E-state index in [4.69, 9.17) is 0 Å². The standard InChI is InChI=1S/C31H28F3N3O3S/c1-21(24-7-3-2-4-8-24)35-14-16-36(17-15-35)28(38)25-9-5-6-23(18-25)19-27-29(39)37(30(40)41-27)20-22-10-12-26(13-11-22)31(32,33)34/h2-13,18-19,21H,14-17,20H2,1H3/b27-19-. The van der Waals surface area contributed by atoms with Crippen molar-refractivity contribution in [1.29, 1.82) is 0 Å². The molecule has 0 aromatic heterocycles. The van der Waals surface area contributed by atoms with Crippen LogP contribution in [0.3, 0.4) is 0 Å². The Morgan fingerprint density at radius 1 is 0.927 bits per heavy atom. The molecular weight excluding hydrogens is 551 g/mol. The lowest BCUT2D eigenvalue weighted by Gasteiger charge is -2.38. The largest absolute Gasteiger partial charge is 0.416 e. The summed E-state index contributed by atoms with van der Waals surface area (Å²) >= 11 is 0.764. The lowest BCUT2D eigenvalue weighted by molar-refractivity contribution is -0.137. The molecule has 2 fully saturated rings. The molecule has 0 N–H and O–H groups in total. The number of hydrogen-bond acceptors (Lipinski definition) is 5. The molecule has 3 aromatic carbocycles. The summed E-state index contributed by atoms with van der Waals surface area (Å²) < 4.78 is 38.5. The molecule has 3 amide bonds. The third-order valence-corrected chi connectivity index (χ3v) is 8.27. The molecule has 2 aliphatic rings. The molecule has 41 heavy (non-hydrogen) atoms. The number of halogens is 3. The maximum absolute atomic E-state index is 13.3. The maximum atomic E-state index is 13.3. The van der Waals surface area contributed by atoms with Gasteiger partial charge in [-0.3, -0.25) is 24.2 Å². The number of carbonyl (C=O) groups is 3. The summed E-state index contributed by atoms with van der Waals surface area (Å²) in [5.41, 5.74) is 1.95. The number of nitrogens with zero attached hydrogens (tertiary/aromatic N) is 3. The molecule has 2 heterocycles. The second-order valence-electron chi connectivity index (χ2n) is 10.0. The first-order valence-electron chi connectivity index (χ1n) is 13.2. The van der Waals surface area contributed by atoms with Gasteiger partial charge >= 0.3 is 6.18 Å². The van der Waals surface area contributed by atoms with Crippen molar-refractivity contribution in [2.45, 2.75) is 25.7 Å². The first-order valence-corrected chi connectivity index (χ1v) is 14.0. The zero-order valence-corrected chi connectivity index (χ0v) is 23.1. The fourth-order valence-corrected chi connectivity index (χ4v) is 5.81. The van der Waals surface area contributed by atoms with Gasteiger partial charge in [0, 0.05) is 37.8 Å². The van der Waals surface area contributed by atoms with E-state index < -0.39 is 22.9 Å². The number of alkyl halides is 3. The highest BCUT2D eigenvalue weighted by Crippen LogP contribution is 2.34. The number of benzene rings is 3. The quantitative estimate of drug-likeness (QED) is 0.314. The van der Waals surface area contributed by atoms with Crippen LogP contribution in [0.2, 0.25) is 0 Å². The smallest absolute Gasteiger partial charge is 0.336 e. The summed E-state index contributed by atoms with van der Waals surface area (Å²) in [6.07, 6.45) is -2.90. The molecule has 0 aliphatic carbocycles. The van der Waals surface area contributed by atoms with Crippen molar-refractivity contribution in [1.82, 2.24) is 14.7 Å². The van der Waals surface area contributed by atoms with Crippen LogP contribution in [0.5, 0.6) is 0 Å². The van der Waals surface area contributed by atoms with Gasteiger partial charge in [0.05, 0.1) is 17.0 Å². The van der Waals surface area contributed by atoms with Crippen LogP contribution in [-0.2, 0) is 17.5 Å². The van der Waals surface area contributed by atoms with Crippen LogP contribution in [0.25, 0.3) is 6.08 Å². The monoisotopic (exact) mass is 579 g/mol. The van der Waals surface area contributed by atoms with Gasteiger partial charge in [-0.25, -0.2) is 0 Å². The minimum atomic E-state index is -4.46. The average molecular weight is 580 g/mol. The van der Waals surface area contributed by atoms with Crippen LogP contribution in [-0.4, -0.2) is 57.9 Å². The van der Waals surface area contributed by atoms with Gasteiger partial charge in [-0.05, 0) is 65.7 Å². The van der Waals surface area contributed by atoms with Gasteiger partial charge in [0.15, 0.2) is 0 Å². The molecule has 0 spiro atoms. The second kappa shape index (κ2) is 11.9. The Balaban J connectivity index is 1.22. The minimum Gasteiger partial charge on any atom is -0.336 e. The second-order valence-corrected chi connectivity index (χ2v) is 11.0. The zero-order valence-electron chi connectivity index (χ0n) is 22.3. The number of amides is 3. The number of hydrogen-bond donors (Lipinski definition) is 0. The Labute approximate surface area is 240 Å². The van der Waals surface area contributed by atoms with Crippen molar-refractivity contribution in [3.8, 4) is 0 Å². The predicted octanol–water partition coefficient (Wildman–Crippen LogP) is 6.46. The highest BCUT2D eigenvalue weighted by atomic mass is 32.2. The predicted molar refractivity (Wildman–Crippen MR) is 152 cm³/mol. The van der Waals surface area contributed by atoms with Crippen molar-refractivity contribution in [3.05, 3.63) is 112 Å². The lowest BCUT2D eigenvalue weighted by Crippen LogP contribution is -2.49. The van der Waals surface area contributed by atoms with Crippen molar-refractivity contribution in [2.24, 2.45) is 0 Å². The molecule has 1 atom stereocenters. The van der Waals surface area contributed by atoms with E-state index in [2.05, 4.69) is 24.0 Å². The van der Waals surface area contributed by atoms with Gasteiger partial charge in [-0.2, -0.15) is 13.2 Å². The van der Waals surface area contributed by atoms with Gasteiger partial charge < -0.3 is 4.90 Å². The number of imide groups is 1. The molecule has 0 saturated carbocycles. The van der Waals surface area contributed by atoms with Gasteiger partial charge in [0.1, 0.15) is 0 Å². The molecule has 0 radical (unpaired) electrons. The average Bonchev–Trinajstić information content (AvgIpc) is 3.24. The van der Waals surface area contributed by atoms with E-state index in [0.29, 0.717) is 29.8 Å². The van der Waals surface area contributed by atoms with Crippen molar-refractivity contribution in [2.75, 3.05) is 26.2 Å². The summed E-state index contributed by atoms with van der Waals surface area (Å²) in [6.45, 7) is 4.75. The van der Waals surface area contributed by atoms with Crippen LogP contribution < -0.4 is 0 Å². The van der Waals surface area contributed by atoms with E-state index >= 15 is 0 Å². The van der Waals surface area contributed by atoms with Gasteiger partial charge in [0.25, 0.3) is 17.1 Å². The molecule has 10 heteroatoms. The van der Waals surface area contributed by atoms with E-state index in [-0.39, 0.29) is 23.4 Å². The Bertz CT molecular complexity index is 1470. The highest BCUT2D eigenvalue weighted by molar-refractivity contribution is 8.18. The molecule has 6 nitrogen and oxygen atoms in total.